The van der Waals surface area contributed by atoms with E-state index in [0.29, 0.717) is 23.3 Å². The van der Waals surface area contributed by atoms with E-state index in [1.807, 2.05) is 13.8 Å². The minimum Gasteiger partial charge on any atom is -0.488 e. The molecule has 0 bridgehead atoms. The van der Waals surface area contributed by atoms with Crippen molar-refractivity contribution in [1.82, 2.24) is 24.8 Å². The van der Waals surface area contributed by atoms with Crippen molar-refractivity contribution in [2.24, 2.45) is 5.92 Å². The van der Waals surface area contributed by atoms with Gasteiger partial charge in [0, 0.05) is 26.0 Å². The normalized spacial score (nSPS) is 12.1. The van der Waals surface area contributed by atoms with E-state index in [1.54, 1.807) is 32.3 Å². The van der Waals surface area contributed by atoms with E-state index < -0.39 is 29.4 Å². The highest BCUT2D eigenvalue weighted by Gasteiger charge is 2.21. The van der Waals surface area contributed by atoms with Crippen molar-refractivity contribution in [3.05, 3.63) is 64.6 Å². The Bertz CT molecular complexity index is 1460. The molecule has 0 radical (unpaired) electrons. The molecule has 40 heavy (non-hydrogen) atoms. The Morgan fingerprint density at radius 3 is 2.73 bits per heavy atom. The van der Waals surface area contributed by atoms with Crippen LogP contribution in [0.4, 0.5) is 14.9 Å². The summed E-state index contributed by atoms with van der Waals surface area (Å²) in [7, 11) is 3.19. The van der Waals surface area contributed by atoms with Gasteiger partial charge in [-0.1, -0.05) is 19.9 Å². The molecule has 0 aliphatic rings. The van der Waals surface area contributed by atoms with Gasteiger partial charge in [0.1, 0.15) is 17.2 Å². The number of pyridine rings is 2. The number of ether oxygens (including phenoxy) is 1. The number of hydrogen-bond acceptors (Lipinski definition) is 6. The van der Waals surface area contributed by atoms with Crippen molar-refractivity contribution in [3.8, 4) is 5.75 Å². The van der Waals surface area contributed by atoms with Crippen LogP contribution in [0, 0.1) is 11.7 Å². The molecule has 4 N–H and O–H groups in total. The Balaban J connectivity index is 1.76. The molecule has 3 aromatic rings. The maximum absolute atomic E-state index is 14.4. The molecule has 0 saturated heterocycles. The van der Waals surface area contributed by atoms with Gasteiger partial charge in [-0.25, -0.2) is 9.18 Å². The van der Waals surface area contributed by atoms with E-state index in [1.165, 1.54) is 27.8 Å². The van der Waals surface area contributed by atoms with E-state index in [0.717, 1.165) is 6.20 Å². The summed E-state index contributed by atoms with van der Waals surface area (Å²) in [6.07, 6.45) is 4.38. The number of anilines is 1. The molecule has 0 saturated carbocycles. The second-order valence-corrected chi connectivity index (χ2v) is 9.75. The molecule has 214 valence electrons. The number of nitrogens with one attached hydrogen (secondary N) is 3. The summed E-state index contributed by atoms with van der Waals surface area (Å²) in [6.45, 7) is 4.26. The number of likely N-dealkylation sites (N-methyl/N-ethyl adjacent to an activating group) is 1. The van der Waals surface area contributed by atoms with Gasteiger partial charge in [0.25, 0.3) is 5.56 Å². The quantitative estimate of drug-likeness (QED) is 0.250. The molecule has 3 rings (SSSR count). The van der Waals surface area contributed by atoms with Crippen molar-refractivity contribution in [2.75, 3.05) is 26.0 Å². The zero-order valence-electron chi connectivity index (χ0n) is 22.7. The van der Waals surface area contributed by atoms with Crippen molar-refractivity contribution >= 4 is 34.6 Å². The number of halogens is 1. The summed E-state index contributed by atoms with van der Waals surface area (Å²) in [5.41, 5.74) is 0.811. The second-order valence-electron chi connectivity index (χ2n) is 9.75. The minimum atomic E-state index is -1.40. The number of carbonyl (C=O) groups excluding carboxylic acids is 2. The molecule has 1 atom stereocenters. The van der Waals surface area contributed by atoms with Crippen LogP contribution in [-0.4, -0.2) is 69.2 Å². The van der Waals surface area contributed by atoms with Gasteiger partial charge in [0.05, 0.1) is 24.9 Å². The number of aromatic amines is 1. The van der Waals surface area contributed by atoms with E-state index in [-0.39, 0.29) is 42.6 Å². The van der Waals surface area contributed by atoms with Gasteiger partial charge >= 0.3 is 6.09 Å². The molecule has 3 amide bonds. The van der Waals surface area contributed by atoms with Gasteiger partial charge in [-0.05, 0) is 43.0 Å². The number of H-pyrrole nitrogens is 1. The molecule has 0 spiro atoms. The summed E-state index contributed by atoms with van der Waals surface area (Å²) < 4.78 is 21.4. The fraction of sp³-hybridized carbons (Fsp3) is 0.370. The molecule has 0 fully saturated rings. The van der Waals surface area contributed by atoms with Crippen LogP contribution < -0.4 is 20.9 Å². The van der Waals surface area contributed by atoms with Gasteiger partial charge in [-0.3, -0.25) is 19.4 Å². The van der Waals surface area contributed by atoms with E-state index in [4.69, 9.17) is 9.84 Å². The SMILES string of the molecule is CC(C)COc1c(F)cnc2cc(Cn3cccc(NC(=O)C(CC/C=C/C(=O)N(C)C)NC(=O)O)c3=O)[nH]c12. The Morgan fingerprint density at radius 1 is 1.30 bits per heavy atom. The fourth-order valence-electron chi connectivity index (χ4n) is 3.73. The standard InChI is InChI=1S/C27H33FN6O6/c1-16(2)15-40-24-18(28)13-29-21-12-17(30-23(21)24)14-34-11-7-9-20(26(34)37)31-25(36)19(32-27(38)39)8-5-6-10-22(35)33(3)4/h6-7,9-13,16,19,30,32H,5,8,14-15H2,1-4H3,(H,31,36)(H,38,39)/b10-6+. The Morgan fingerprint density at radius 2 is 2.05 bits per heavy atom. The van der Waals surface area contributed by atoms with Crippen LogP contribution in [-0.2, 0) is 16.1 Å². The van der Waals surface area contributed by atoms with Crippen molar-refractivity contribution in [1.29, 1.82) is 0 Å². The summed E-state index contributed by atoms with van der Waals surface area (Å²) >= 11 is 0. The number of carbonyl (C=O) groups is 3. The smallest absolute Gasteiger partial charge is 0.405 e. The number of aromatic nitrogens is 3. The van der Waals surface area contributed by atoms with Crippen LogP contribution in [0.25, 0.3) is 11.0 Å². The molecule has 0 aromatic carbocycles. The molecule has 0 aliphatic heterocycles. The number of fused-ring (bicyclic) bond motifs is 1. The summed E-state index contributed by atoms with van der Waals surface area (Å²) in [5.74, 6) is -1.33. The average Bonchev–Trinajstić information content (AvgIpc) is 3.29. The number of carboxylic acid groups (broad SMARTS) is 1. The molecule has 13 heteroatoms. The molecule has 1 unspecified atom stereocenters. The molecule has 3 heterocycles. The van der Waals surface area contributed by atoms with Crippen molar-refractivity contribution in [2.45, 2.75) is 39.3 Å². The first-order valence-corrected chi connectivity index (χ1v) is 12.6. The fourth-order valence-corrected chi connectivity index (χ4v) is 3.73. The largest absolute Gasteiger partial charge is 0.488 e. The molecule has 0 aliphatic carbocycles. The maximum atomic E-state index is 14.4. The van der Waals surface area contributed by atoms with Gasteiger partial charge in [0.2, 0.25) is 11.8 Å². The first-order chi connectivity index (χ1) is 19.0. The van der Waals surface area contributed by atoms with E-state index in [9.17, 15) is 23.6 Å². The van der Waals surface area contributed by atoms with Crippen LogP contribution in [0.5, 0.6) is 5.75 Å². The molecular formula is C27H33FN6O6. The zero-order chi connectivity index (χ0) is 29.4. The van der Waals surface area contributed by atoms with Gasteiger partial charge in [-0.2, -0.15) is 0 Å². The number of rotatable bonds is 12. The number of nitrogens with zero attached hydrogens (tertiary/aromatic N) is 3. The van der Waals surface area contributed by atoms with Crippen molar-refractivity contribution < 1.29 is 28.6 Å². The lowest BCUT2D eigenvalue weighted by Gasteiger charge is -2.16. The molecular weight excluding hydrogens is 523 g/mol. The third-order valence-corrected chi connectivity index (χ3v) is 5.73. The summed E-state index contributed by atoms with van der Waals surface area (Å²) in [4.78, 5) is 57.4. The van der Waals surface area contributed by atoms with Gasteiger partial charge in [0.15, 0.2) is 11.6 Å². The highest BCUT2D eigenvalue weighted by molar-refractivity contribution is 5.96. The highest BCUT2D eigenvalue weighted by atomic mass is 19.1. The lowest BCUT2D eigenvalue weighted by molar-refractivity contribution is -0.123. The summed E-state index contributed by atoms with van der Waals surface area (Å²) in [6, 6.07) is 3.48. The lowest BCUT2D eigenvalue weighted by atomic mass is 10.1. The van der Waals surface area contributed by atoms with Gasteiger partial charge < -0.3 is 34.9 Å². The monoisotopic (exact) mass is 556 g/mol. The van der Waals surface area contributed by atoms with Crippen LogP contribution >= 0.6 is 0 Å². The molecule has 12 nitrogen and oxygen atoms in total. The third-order valence-electron chi connectivity index (χ3n) is 5.73. The number of hydrogen-bond donors (Lipinski definition) is 4. The average molecular weight is 557 g/mol. The second kappa shape index (κ2) is 13.4. The lowest BCUT2D eigenvalue weighted by Crippen LogP contribution is -2.44. The third kappa shape index (κ3) is 7.91. The number of amides is 3. The number of allylic oxidation sites excluding steroid dienone is 1. The zero-order valence-corrected chi connectivity index (χ0v) is 22.7. The predicted molar refractivity (Wildman–Crippen MR) is 147 cm³/mol. The summed E-state index contributed by atoms with van der Waals surface area (Å²) in [5, 5.41) is 13.8. The molecule has 3 aromatic heterocycles. The first kappa shape index (κ1) is 29.9. The van der Waals surface area contributed by atoms with Gasteiger partial charge in [-0.15, -0.1) is 0 Å². The van der Waals surface area contributed by atoms with Crippen LogP contribution in [0.2, 0.25) is 0 Å². The maximum Gasteiger partial charge on any atom is 0.405 e. The first-order valence-electron chi connectivity index (χ1n) is 12.6. The Kier molecular flexibility index (Phi) is 10.0. The predicted octanol–water partition coefficient (Wildman–Crippen LogP) is 2.95. The Labute approximate surface area is 229 Å². The van der Waals surface area contributed by atoms with E-state index in [2.05, 4.69) is 20.6 Å². The minimum absolute atomic E-state index is 0.0516. The van der Waals surface area contributed by atoms with Crippen molar-refractivity contribution in [3.63, 3.8) is 0 Å². The van der Waals surface area contributed by atoms with Crippen LogP contribution in [0.1, 0.15) is 32.4 Å². The topological polar surface area (TPSA) is 159 Å². The van der Waals surface area contributed by atoms with Crippen LogP contribution in [0.15, 0.2) is 47.5 Å². The highest BCUT2D eigenvalue weighted by Crippen LogP contribution is 2.28. The van der Waals surface area contributed by atoms with E-state index >= 15 is 0 Å². The Hall–Kier alpha value is -4.68. The van der Waals surface area contributed by atoms with Crippen LogP contribution in [0.3, 0.4) is 0 Å².